The first-order valence-electron chi connectivity index (χ1n) is 9.35. The number of likely N-dealkylation sites (tertiary alicyclic amines) is 1. The standard InChI is InChI=1S/C21H23BrN2O3S/c1-3-27-19(26)9-8-18(25)24-12-10-16(11-13-24)21-23-20(14(2)28-21)15-4-6-17(22)7-5-15/h4-9,16H,3,10-13H2,1-2H3/b9-8+. The van der Waals surface area contributed by atoms with E-state index in [9.17, 15) is 9.59 Å². The van der Waals surface area contributed by atoms with Crippen molar-refractivity contribution in [2.75, 3.05) is 19.7 Å². The van der Waals surface area contributed by atoms with E-state index in [1.165, 1.54) is 17.0 Å². The van der Waals surface area contributed by atoms with E-state index in [0.29, 0.717) is 25.6 Å². The van der Waals surface area contributed by atoms with E-state index in [1.54, 1.807) is 23.2 Å². The van der Waals surface area contributed by atoms with Crippen molar-refractivity contribution >= 4 is 39.1 Å². The van der Waals surface area contributed by atoms with E-state index < -0.39 is 5.97 Å². The van der Waals surface area contributed by atoms with Gasteiger partial charge in [0.2, 0.25) is 5.91 Å². The van der Waals surface area contributed by atoms with Crippen LogP contribution in [0.2, 0.25) is 0 Å². The number of benzene rings is 1. The molecule has 1 aromatic carbocycles. The molecule has 5 nitrogen and oxygen atoms in total. The predicted octanol–water partition coefficient (Wildman–Crippen LogP) is 4.71. The van der Waals surface area contributed by atoms with Gasteiger partial charge in [0, 0.05) is 46.1 Å². The van der Waals surface area contributed by atoms with Crippen LogP contribution in [0.3, 0.4) is 0 Å². The first kappa shape index (κ1) is 20.7. The predicted molar refractivity (Wildman–Crippen MR) is 114 cm³/mol. The number of hydrogen-bond donors (Lipinski definition) is 0. The number of carbonyl (C=O) groups excluding carboxylic acids is 2. The zero-order chi connectivity index (χ0) is 20.1. The van der Waals surface area contributed by atoms with Crippen molar-refractivity contribution in [2.24, 2.45) is 0 Å². The molecule has 0 radical (unpaired) electrons. The zero-order valence-corrected chi connectivity index (χ0v) is 18.4. The average Bonchev–Trinajstić information content (AvgIpc) is 3.09. The summed E-state index contributed by atoms with van der Waals surface area (Å²) in [5.74, 6) is -0.257. The van der Waals surface area contributed by atoms with Gasteiger partial charge in [-0.05, 0) is 38.8 Å². The van der Waals surface area contributed by atoms with Crippen molar-refractivity contribution in [2.45, 2.75) is 32.6 Å². The Balaban J connectivity index is 1.61. The van der Waals surface area contributed by atoms with Gasteiger partial charge in [0.1, 0.15) is 0 Å². The molecule has 0 N–H and O–H groups in total. The van der Waals surface area contributed by atoms with Gasteiger partial charge in [-0.1, -0.05) is 28.1 Å². The minimum Gasteiger partial charge on any atom is -0.463 e. The molecule has 0 unspecified atom stereocenters. The molecular formula is C21H23BrN2O3S. The number of aryl methyl sites for hydroxylation is 1. The normalized spacial score (nSPS) is 15.2. The molecular weight excluding hydrogens is 440 g/mol. The molecule has 1 aliphatic rings. The third kappa shape index (κ3) is 5.08. The van der Waals surface area contributed by atoms with E-state index in [2.05, 4.69) is 35.0 Å². The van der Waals surface area contributed by atoms with Crippen LogP contribution >= 0.6 is 27.3 Å². The second-order valence-corrected chi connectivity index (χ2v) is 8.80. The lowest BCUT2D eigenvalue weighted by Crippen LogP contribution is -2.37. The van der Waals surface area contributed by atoms with Crippen molar-refractivity contribution in [3.05, 3.63) is 50.8 Å². The first-order chi connectivity index (χ1) is 13.5. The molecule has 1 amide bonds. The van der Waals surface area contributed by atoms with Gasteiger partial charge in [-0.2, -0.15) is 0 Å². The highest BCUT2D eigenvalue weighted by Crippen LogP contribution is 2.36. The molecule has 2 heterocycles. The summed E-state index contributed by atoms with van der Waals surface area (Å²) in [6.45, 7) is 5.49. The SMILES string of the molecule is CCOC(=O)/C=C/C(=O)N1CCC(c2nc(-c3ccc(Br)cc3)c(C)s2)CC1. The fraction of sp³-hybridized carbons (Fsp3) is 0.381. The fourth-order valence-electron chi connectivity index (χ4n) is 3.25. The van der Waals surface area contributed by atoms with Crippen molar-refractivity contribution < 1.29 is 14.3 Å². The van der Waals surface area contributed by atoms with Crippen LogP contribution < -0.4 is 0 Å². The summed E-state index contributed by atoms with van der Waals surface area (Å²) in [7, 11) is 0. The Labute approximate surface area is 177 Å². The molecule has 0 spiro atoms. The van der Waals surface area contributed by atoms with Gasteiger partial charge in [0.25, 0.3) is 0 Å². The number of aromatic nitrogens is 1. The van der Waals surface area contributed by atoms with Gasteiger partial charge in [-0.3, -0.25) is 4.79 Å². The maximum absolute atomic E-state index is 12.2. The van der Waals surface area contributed by atoms with Crippen LogP contribution in [0, 0.1) is 6.92 Å². The Morgan fingerprint density at radius 2 is 1.93 bits per heavy atom. The quantitative estimate of drug-likeness (QED) is 0.476. The third-order valence-corrected chi connectivity index (χ3v) is 6.40. The van der Waals surface area contributed by atoms with Crippen molar-refractivity contribution in [3.63, 3.8) is 0 Å². The van der Waals surface area contributed by atoms with Crippen LogP contribution in [0.25, 0.3) is 11.3 Å². The lowest BCUT2D eigenvalue weighted by atomic mass is 9.97. The first-order valence-corrected chi connectivity index (χ1v) is 11.0. The summed E-state index contributed by atoms with van der Waals surface area (Å²) >= 11 is 5.22. The van der Waals surface area contributed by atoms with Crippen LogP contribution in [-0.4, -0.2) is 41.5 Å². The van der Waals surface area contributed by atoms with Crippen LogP contribution in [0.15, 0.2) is 40.9 Å². The van der Waals surface area contributed by atoms with E-state index in [0.717, 1.165) is 33.6 Å². The molecule has 1 fully saturated rings. The lowest BCUT2D eigenvalue weighted by molar-refractivity contribution is -0.137. The van der Waals surface area contributed by atoms with E-state index >= 15 is 0 Å². The number of hydrogen-bond acceptors (Lipinski definition) is 5. The van der Waals surface area contributed by atoms with Gasteiger partial charge in [-0.25, -0.2) is 9.78 Å². The van der Waals surface area contributed by atoms with Gasteiger partial charge < -0.3 is 9.64 Å². The minimum atomic E-state index is -0.482. The number of esters is 1. The molecule has 0 atom stereocenters. The Kier molecular flexibility index (Phi) is 7.02. The second kappa shape index (κ2) is 9.47. The van der Waals surface area contributed by atoms with Crippen molar-refractivity contribution in [3.8, 4) is 11.3 Å². The molecule has 2 aromatic rings. The Hall–Kier alpha value is -1.99. The van der Waals surface area contributed by atoms with Gasteiger partial charge in [0.05, 0.1) is 17.3 Å². The monoisotopic (exact) mass is 462 g/mol. The molecule has 28 heavy (non-hydrogen) atoms. The van der Waals surface area contributed by atoms with Crippen LogP contribution in [0.4, 0.5) is 0 Å². The van der Waals surface area contributed by atoms with E-state index in [1.807, 2.05) is 12.1 Å². The fourth-order valence-corrected chi connectivity index (χ4v) is 4.63. The number of ether oxygens (including phenoxy) is 1. The van der Waals surface area contributed by atoms with Crippen LogP contribution in [-0.2, 0) is 14.3 Å². The largest absolute Gasteiger partial charge is 0.463 e. The molecule has 0 saturated carbocycles. The summed E-state index contributed by atoms with van der Waals surface area (Å²) in [4.78, 5) is 31.5. The van der Waals surface area contributed by atoms with Gasteiger partial charge in [0.15, 0.2) is 0 Å². The molecule has 0 bridgehead atoms. The molecule has 1 aliphatic heterocycles. The number of rotatable bonds is 5. The molecule has 0 aliphatic carbocycles. The summed E-state index contributed by atoms with van der Waals surface area (Å²) in [6, 6.07) is 8.21. The molecule has 7 heteroatoms. The second-order valence-electron chi connectivity index (χ2n) is 6.65. The highest BCUT2D eigenvalue weighted by atomic mass is 79.9. The zero-order valence-electron chi connectivity index (χ0n) is 16.0. The Morgan fingerprint density at radius 3 is 2.57 bits per heavy atom. The highest BCUT2D eigenvalue weighted by molar-refractivity contribution is 9.10. The maximum atomic E-state index is 12.2. The summed E-state index contributed by atoms with van der Waals surface area (Å²) in [5, 5.41) is 1.14. The lowest BCUT2D eigenvalue weighted by Gasteiger charge is -2.30. The van der Waals surface area contributed by atoms with Crippen LogP contribution in [0.5, 0.6) is 0 Å². The number of thiazole rings is 1. The Bertz CT molecular complexity index is 868. The minimum absolute atomic E-state index is 0.141. The topological polar surface area (TPSA) is 59.5 Å². The summed E-state index contributed by atoms with van der Waals surface area (Å²) in [5.41, 5.74) is 2.17. The molecule has 1 saturated heterocycles. The van der Waals surface area contributed by atoms with E-state index in [-0.39, 0.29) is 5.91 Å². The Morgan fingerprint density at radius 1 is 1.25 bits per heavy atom. The number of halogens is 1. The number of carbonyl (C=O) groups is 2. The summed E-state index contributed by atoms with van der Waals surface area (Å²) < 4.78 is 5.86. The highest BCUT2D eigenvalue weighted by Gasteiger charge is 2.26. The average molecular weight is 463 g/mol. The van der Waals surface area contributed by atoms with Crippen molar-refractivity contribution in [1.29, 1.82) is 0 Å². The maximum Gasteiger partial charge on any atom is 0.330 e. The summed E-state index contributed by atoms with van der Waals surface area (Å²) in [6.07, 6.45) is 4.27. The molecule has 3 rings (SSSR count). The van der Waals surface area contributed by atoms with Gasteiger partial charge in [-0.15, -0.1) is 11.3 Å². The van der Waals surface area contributed by atoms with Crippen molar-refractivity contribution in [1.82, 2.24) is 9.88 Å². The number of amides is 1. The third-order valence-electron chi connectivity index (χ3n) is 4.74. The molecule has 1 aromatic heterocycles. The molecule has 148 valence electrons. The van der Waals surface area contributed by atoms with Gasteiger partial charge >= 0.3 is 5.97 Å². The number of nitrogens with zero attached hydrogens (tertiary/aromatic N) is 2. The van der Waals surface area contributed by atoms with Crippen LogP contribution in [0.1, 0.15) is 35.6 Å². The number of piperidine rings is 1. The van der Waals surface area contributed by atoms with E-state index in [4.69, 9.17) is 9.72 Å². The smallest absolute Gasteiger partial charge is 0.330 e.